The lowest BCUT2D eigenvalue weighted by Crippen LogP contribution is -2.33. The lowest BCUT2D eigenvalue weighted by Gasteiger charge is -2.31. The molecule has 5 rings (SSSR count). The molecular formula is C27H31N5O2S. The van der Waals surface area contributed by atoms with E-state index in [-0.39, 0.29) is 11.8 Å². The van der Waals surface area contributed by atoms with E-state index in [0.29, 0.717) is 22.7 Å². The van der Waals surface area contributed by atoms with Gasteiger partial charge in [0.25, 0.3) is 11.8 Å². The summed E-state index contributed by atoms with van der Waals surface area (Å²) in [5, 5.41) is 6.65. The van der Waals surface area contributed by atoms with E-state index in [4.69, 9.17) is 0 Å². The third-order valence-corrected chi connectivity index (χ3v) is 8.13. The summed E-state index contributed by atoms with van der Waals surface area (Å²) in [5.74, 6) is 1.37. The molecule has 2 amide bonds. The average Bonchev–Trinajstić information content (AvgIpc) is 3.26. The number of anilines is 2. The zero-order valence-electron chi connectivity index (χ0n) is 20.0. The van der Waals surface area contributed by atoms with E-state index in [2.05, 4.69) is 32.4 Å². The van der Waals surface area contributed by atoms with Crippen molar-refractivity contribution in [3.8, 4) is 0 Å². The van der Waals surface area contributed by atoms with Crippen LogP contribution in [-0.4, -0.2) is 34.9 Å². The highest BCUT2D eigenvalue weighted by molar-refractivity contribution is 7.17. The van der Waals surface area contributed by atoms with Crippen molar-refractivity contribution in [2.45, 2.75) is 52.0 Å². The largest absolute Gasteiger partial charge is 0.357 e. The van der Waals surface area contributed by atoms with Crippen LogP contribution < -0.4 is 15.5 Å². The Hall–Kier alpha value is -3.26. The van der Waals surface area contributed by atoms with Gasteiger partial charge in [0, 0.05) is 43.1 Å². The van der Waals surface area contributed by atoms with Crippen LogP contribution in [0.1, 0.15) is 69.3 Å². The Balaban J connectivity index is 1.28. The summed E-state index contributed by atoms with van der Waals surface area (Å²) >= 11 is 1.52. The molecule has 0 radical (unpaired) electrons. The predicted molar refractivity (Wildman–Crippen MR) is 139 cm³/mol. The lowest BCUT2D eigenvalue weighted by atomic mass is 9.95. The molecule has 3 aromatic rings. The molecule has 2 aliphatic rings. The molecule has 0 saturated carbocycles. The van der Waals surface area contributed by atoms with Crippen molar-refractivity contribution in [3.05, 3.63) is 70.0 Å². The van der Waals surface area contributed by atoms with Crippen molar-refractivity contribution in [1.82, 2.24) is 15.3 Å². The van der Waals surface area contributed by atoms with Crippen molar-refractivity contribution in [2.75, 3.05) is 23.3 Å². The molecule has 35 heavy (non-hydrogen) atoms. The number of nitrogens with zero attached hydrogens (tertiary/aromatic N) is 3. The fourth-order valence-corrected chi connectivity index (χ4v) is 6.07. The van der Waals surface area contributed by atoms with Crippen LogP contribution in [0.25, 0.3) is 0 Å². The molecule has 3 aromatic heterocycles. The molecule has 0 bridgehead atoms. The summed E-state index contributed by atoms with van der Waals surface area (Å²) in [6.07, 6.45) is 11.4. The maximum absolute atomic E-state index is 13.3. The quantitative estimate of drug-likeness (QED) is 0.518. The number of fused-ring (bicyclic) bond motifs is 1. The number of carbonyl (C=O) groups is 2. The van der Waals surface area contributed by atoms with Crippen LogP contribution in [0.2, 0.25) is 0 Å². The monoisotopic (exact) mass is 489 g/mol. The van der Waals surface area contributed by atoms with Crippen LogP contribution in [0.15, 0.2) is 42.9 Å². The first-order chi connectivity index (χ1) is 17.1. The number of hydrogen-bond donors (Lipinski definition) is 2. The van der Waals surface area contributed by atoms with Crippen LogP contribution in [0.4, 0.5) is 10.8 Å². The Morgan fingerprint density at radius 3 is 2.66 bits per heavy atom. The maximum atomic E-state index is 13.3. The number of carbonyl (C=O) groups excluding carboxylic acids is 2. The molecule has 0 spiro atoms. The van der Waals surface area contributed by atoms with Gasteiger partial charge in [-0.2, -0.15) is 0 Å². The van der Waals surface area contributed by atoms with E-state index < -0.39 is 0 Å². The van der Waals surface area contributed by atoms with E-state index in [1.54, 1.807) is 18.3 Å². The highest BCUT2D eigenvalue weighted by atomic mass is 32.1. The third-order valence-electron chi connectivity index (χ3n) is 6.92. The van der Waals surface area contributed by atoms with Crippen LogP contribution in [0.3, 0.4) is 0 Å². The number of nitrogens with one attached hydrogen (secondary N) is 2. The smallest absolute Gasteiger partial charge is 0.257 e. The number of aryl methyl sites for hydroxylation is 1. The fourth-order valence-electron chi connectivity index (χ4n) is 4.78. The van der Waals surface area contributed by atoms with E-state index in [1.165, 1.54) is 35.3 Å². The summed E-state index contributed by atoms with van der Waals surface area (Å²) in [5.41, 5.74) is 3.11. The summed E-state index contributed by atoms with van der Waals surface area (Å²) < 4.78 is 0. The summed E-state index contributed by atoms with van der Waals surface area (Å²) in [6, 6.07) is 7.53. The molecule has 4 heterocycles. The van der Waals surface area contributed by atoms with Gasteiger partial charge in [-0.1, -0.05) is 13.0 Å². The second-order valence-electron chi connectivity index (χ2n) is 9.49. The first-order valence-electron chi connectivity index (χ1n) is 12.4. The minimum Gasteiger partial charge on any atom is -0.357 e. The van der Waals surface area contributed by atoms with Gasteiger partial charge >= 0.3 is 0 Å². The number of thiophene rings is 1. The minimum atomic E-state index is -0.252. The van der Waals surface area contributed by atoms with Gasteiger partial charge in [0.1, 0.15) is 10.8 Å². The molecule has 1 fully saturated rings. The molecule has 1 aliphatic carbocycles. The maximum Gasteiger partial charge on any atom is 0.257 e. The molecule has 182 valence electrons. The van der Waals surface area contributed by atoms with Crippen molar-refractivity contribution < 1.29 is 9.59 Å². The first kappa shape index (κ1) is 23.5. The van der Waals surface area contributed by atoms with Crippen molar-refractivity contribution >= 4 is 34.0 Å². The minimum absolute atomic E-state index is 0.153. The Labute approximate surface area is 210 Å². The Morgan fingerprint density at radius 1 is 1.09 bits per heavy atom. The zero-order chi connectivity index (χ0) is 24.2. The van der Waals surface area contributed by atoms with Gasteiger partial charge in [-0.05, 0) is 73.8 Å². The Kier molecular flexibility index (Phi) is 7.08. The average molecular weight is 490 g/mol. The highest BCUT2D eigenvalue weighted by Crippen LogP contribution is 2.38. The van der Waals surface area contributed by atoms with Crippen molar-refractivity contribution in [1.29, 1.82) is 0 Å². The number of amides is 2. The van der Waals surface area contributed by atoms with E-state index in [1.807, 2.05) is 18.3 Å². The normalized spacial score (nSPS) is 16.0. The van der Waals surface area contributed by atoms with E-state index in [0.717, 1.165) is 61.6 Å². The summed E-state index contributed by atoms with van der Waals surface area (Å²) in [6.45, 7) is 4.78. The van der Waals surface area contributed by atoms with E-state index in [9.17, 15) is 9.59 Å². The number of hydrogen-bond acceptors (Lipinski definition) is 6. The Bertz CT molecular complexity index is 1180. The molecule has 7 nitrogen and oxygen atoms in total. The first-order valence-corrected chi connectivity index (χ1v) is 13.2. The number of rotatable bonds is 6. The SMILES string of the molecule is CC1CCN(c2ccc(CNC(=O)c3c(NC(=O)c4cccnc4)sc4c3CCCC4)cn2)CC1. The second kappa shape index (κ2) is 10.6. The highest BCUT2D eigenvalue weighted by Gasteiger charge is 2.26. The van der Waals surface area contributed by atoms with Crippen molar-refractivity contribution in [3.63, 3.8) is 0 Å². The standard InChI is InChI=1S/C27H31N5O2S/c1-18-10-13-32(14-11-18)23-9-8-19(15-29-23)16-30-26(34)24-21-6-2-3-7-22(21)35-27(24)31-25(33)20-5-4-12-28-17-20/h4-5,8-9,12,15,17-18H,2-3,6-7,10-11,13-14,16H2,1H3,(H,30,34)(H,31,33). The van der Waals surface area contributed by atoms with Gasteiger partial charge in [-0.25, -0.2) is 4.98 Å². The van der Waals surface area contributed by atoms with Gasteiger partial charge in [-0.15, -0.1) is 11.3 Å². The molecule has 0 aromatic carbocycles. The predicted octanol–water partition coefficient (Wildman–Crippen LogP) is 4.84. The zero-order valence-corrected chi connectivity index (χ0v) is 20.9. The van der Waals surface area contributed by atoms with Gasteiger partial charge in [0.05, 0.1) is 11.1 Å². The van der Waals surface area contributed by atoms with Gasteiger partial charge in [-0.3, -0.25) is 14.6 Å². The number of piperidine rings is 1. The third kappa shape index (κ3) is 5.37. The van der Waals surface area contributed by atoms with Crippen LogP contribution in [0.5, 0.6) is 0 Å². The van der Waals surface area contributed by atoms with Crippen LogP contribution >= 0.6 is 11.3 Å². The molecule has 0 atom stereocenters. The molecular weight excluding hydrogens is 458 g/mol. The van der Waals surface area contributed by atoms with Gasteiger partial charge < -0.3 is 15.5 Å². The molecule has 1 aliphatic heterocycles. The topological polar surface area (TPSA) is 87.2 Å². The molecule has 8 heteroatoms. The van der Waals surface area contributed by atoms with E-state index >= 15 is 0 Å². The number of aromatic nitrogens is 2. The van der Waals surface area contributed by atoms with Gasteiger partial charge in [0.2, 0.25) is 0 Å². The molecule has 1 saturated heterocycles. The molecule has 0 unspecified atom stereocenters. The van der Waals surface area contributed by atoms with Crippen molar-refractivity contribution in [2.24, 2.45) is 5.92 Å². The summed E-state index contributed by atoms with van der Waals surface area (Å²) in [7, 11) is 0. The van der Waals surface area contributed by atoms with Crippen LogP contribution in [-0.2, 0) is 19.4 Å². The molecule has 2 N–H and O–H groups in total. The van der Waals surface area contributed by atoms with Gasteiger partial charge in [0.15, 0.2) is 0 Å². The fraction of sp³-hybridized carbons (Fsp3) is 0.407. The number of pyridine rings is 2. The second-order valence-corrected chi connectivity index (χ2v) is 10.6. The van der Waals surface area contributed by atoms with Crippen LogP contribution in [0, 0.1) is 5.92 Å². The lowest BCUT2D eigenvalue weighted by molar-refractivity contribution is 0.0951. The summed E-state index contributed by atoms with van der Waals surface area (Å²) in [4.78, 5) is 38.3. The Morgan fingerprint density at radius 2 is 1.91 bits per heavy atom.